The first kappa shape index (κ1) is 24.7. The first-order valence-corrected chi connectivity index (χ1v) is 11.7. The molecule has 0 radical (unpaired) electrons. The molecule has 1 aromatic rings. The largest absolute Gasteiger partial charge is 0.387 e. The van der Waals surface area contributed by atoms with Crippen LogP contribution < -0.4 is 5.32 Å². The van der Waals surface area contributed by atoms with E-state index in [0.29, 0.717) is 13.0 Å². The molecule has 0 spiro atoms. The fourth-order valence-electron chi connectivity index (χ4n) is 3.56. The van der Waals surface area contributed by atoms with Gasteiger partial charge in [-0.25, -0.2) is 0 Å². The SMILES string of the molecule is CCCCCCCCCCCCCC(=O)NCC(O)c1ccc(CCC)cc1. The lowest BCUT2D eigenvalue weighted by molar-refractivity contribution is -0.121. The summed E-state index contributed by atoms with van der Waals surface area (Å²) in [6, 6.07) is 8.06. The minimum atomic E-state index is -0.628. The summed E-state index contributed by atoms with van der Waals surface area (Å²) in [5, 5.41) is 13.1. The smallest absolute Gasteiger partial charge is 0.220 e. The maximum atomic E-state index is 12.0. The highest BCUT2D eigenvalue weighted by Crippen LogP contribution is 2.15. The fraction of sp³-hybridized carbons (Fsp3) is 0.720. The van der Waals surface area contributed by atoms with E-state index < -0.39 is 6.10 Å². The molecule has 0 saturated carbocycles. The minimum Gasteiger partial charge on any atom is -0.387 e. The van der Waals surface area contributed by atoms with Crippen LogP contribution in [0.3, 0.4) is 0 Å². The van der Waals surface area contributed by atoms with E-state index in [0.717, 1.165) is 31.2 Å². The number of carbonyl (C=O) groups excluding carboxylic acids is 1. The van der Waals surface area contributed by atoms with Crippen molar-refractivity contribution in [1.29, 1.82) is 0 Å². The van der Waals surface area contributed by atoms with Gasteiger partial charge in [-0.15, -0.1) is 0 Å². The number of aliphatic hydroxyl groups excluding tert-OH is 1. The molecule has 0 bridgehead atoms. The Morgan fingerprint density at radius 2 is 1.36 bits per heavy atom. The number of carbonyl (C=O) groups is 1. The second-order valence-corrected chi connectivity index (χ2v) is 8.10. The minimum absolute atomic E-state index is 0.0533. The normalized spacial score (nSPS) is 12.1. The molecule has 0 aliphatic rings. The average molecular weight is 390 g/mol. The molecule has 2 N–H and O–H groups in total. The molecule has 1 aromatic carbocycles. The molecule has 160 valence electrons. The van der Waals surface area contributed by atoms with Crippen LogP contribution in [-0.2, 0) is 11.2 Å². The summed E-state index contributed by atoms with van der Waals surface area (Å²) in [5.41, 5.74) is 2.16. The Morgan fingerprint density at radius 1 is 0.821 bits per heavy atom. The summed E-state index contributed by atoms with van der Waals surface area (Å²) in [6.45, 7) is 4.71. The highest BCUT2D eigenvalue weighted by Gasteiger charge is 2.09. The van der Waals surface area contributed by atoms with Crippen LogP contribution in [0, 0.1) is 0 Å². The number of hydrogen-bond donors (Lipinski definition) is 2. The molecule has 3 heteroatoms. The van der Waals surface area contributed by atoms with Gasteiger partial charge in [0.25, 0.3) is 0 Å². The summed E-state index contributed by atoms with van der Waals surface area (Å²) in [6.07, 6.45) is 16.3. The summed E-state index contributed by atoms with van der Waals surface area (Å²) < 4.78 is 0. The number of amides is 1. The van der Waals surface area contributed by atoms with E-state index in [9.17, 15) is 9.90 Å². The van der Waals surface area contributed by atoms with Gasteiger partial charge >= 0.3 is 0 Å². The van der Waals surface area contributed by atoms with E-state index in [1.54, 1.807) is 0 Å². The summed E-state index contributed by atoms with van der Waals surface area (Å²) >= 11 is 0. The Hall–Kier alpha value is -1.35. The third-order valence-electron chi connectivity index (χ3n) is 5.40. The van der Waals surface area contributed by atoms with Gasteiger partial charge in [-0.2, -0.15) is 0 Å². The van der Waals surface area contributed by atoms with Crippen LogP contribution in [0.4, 0.5) is 0 Å². The monoisotopic (exact) mass is 389 g/mol. The van der Waals surface area contributed by atoms with Crippen molar-refractivity contribution in [3.05, 3.63) is 35.4 Å². The Labute approximate surface area is 173 Å². The van der Waals surface area contributed by atoms with Crippen LogP contribution in [-0.4, -0.2) is 17.6 Å². The third-order valence-corrected chi connectivity index (χ3v) is 5.40. The lowest BCUT2D eigenvalue weighted by Crippen LogP contribution is -2.28. The zero-order valence-electron chi connectivity index (χ0n) is 18.3. The molecule has 0 heterocycles. The molecule has 1 unspecified atom stereocenters. The van der Waals surface area contributed by atoms with Crippen molar-refractivity contribution < 1.29 is 9.90 Å². The zero-order chi connectivity index (χ0) is 20.5. The first-order valence-electron chi connectivity index (χ1n) is 11.7. The number of unbranched alkanes of at least 4 members (excludes halogenated alkanes) is 10. The Morgan fingerprint density at radius 3 is 1.89 bits per heavy atom. The van der Waals surface area contributed by atoms with Gasteiger partial charge < -0.3 is 10.4 Å². The molecular weight excluding hydrogens is 346 g/mol. The van der Waals surface area contributed by atoms with E-state index in [1.165, 1.54) is 63.4 Å². The van der Waals surface area contributed by atoms with Gasteiger partial charge in [-0.1, -0.05) is 109 Å². The van der Waals surface area contributed by atoms with Gasteiger partial charge in [0.1, 0.15) is 0 Å². The quantitative estimate of drug-likeness (QED) is 0.299. The van der Waals surface area contributed by atoms with E-state index in [-0.39, 0.29) is 5.91 Å². The average Bonchev–Trinajstić information content (AvgIpc) is 2.71. The molecule has 3 nitrogen and oxygen atoms in total. The van der Waals surface area contributed by atoms with Crippen molar-refractivity contribution >= 4 is 5.91 Å². The molecule has 0 aliphatic heterocycles. The molecule has 0 aliphatic carbocycles. The van der Waals surface area contributed by atoms with Gasteiger partial charge in [0.15, 0.2) is 0 Å². The summed E-state index contributed by atoms with van der Waals surface area (Å²) in [4.78, 5) is 12.0. The van der Waals surface area contributed by atoms with Gasteiger partial charge in [0.05, 0.1) is 6.10 Å². The molecule has 0 aromatic heterocycles. The second-order valence-electron chi connectivity index (χ2n) is 8.10. The van der Waals surface area contributed by atoms with E-state index in [1.807, 2.05) is 12.1 Å². The lowest BCUT2D eigenvalue weighted by Gasteiger charge is -2.13. The number of aliphatic hydroxyl groups is 1. The number of hydrogen-bond acceptors (Lipinski definition) is 2. The second kappa shape index (κ2) is 16.6. The summed E-state index contributed by atoms with van der Waals surface area (Å²) in [5.74, 6) is 0.0533. The van der Waals surface area contributed by atoms with Gasteiger partial charge in [0.2, 0.25) is 5.91 Å². The predicted octanol–water partition coefficient (Wildman–Crippen LogP) is 6.49. The van der Waals surface area contributed by atoms with Crippen LogP contribution in [0.25, 0.3) is 0 Å². The lowest BCUT2D eigenvalue weighted by atomic mass is 10.0. The molecular formula is C25H43NO2. The highest BCUT2D eigenvalue weighted by molar-refractivity contribution is 5.75. The predicted molar refractivity (Wildman–Crippen MR) is 119 cm³/mol. The fourth-order valence-corrected chi connectivity index (χ4v) is 3.56. The van der Waals surface area contributed by atoms with Crippen molar-refractivity contribution in [1.82, 2.24) is 5.32 Å². The van der Waals surface area contributed by atoms with E-state index >= 15 is 0 Å². The molecule has 0 fully saturated rings. The topological polar surface area (TPSA) is 49.3 Å². The molecule has 28 heavy (non-hydrogen) atoms. The van der Waals surface area contributed by atoms with Gasteiger partial charge in [-0.3, -0.25) is 4.79 Å². The molecule has 0 saturated heterocycles. The van der Waals surface area contributed by atoms with Crippen LogP contribution in [0.2, 0.25) is 0 Å². The van der Waals surface area contributed by atoms with Crippen molar-refractivity contribution in [2.24, 2.45) is 0 Å². The number of nitrogens with one attached hydrogen (secondary N) is 1. The number of rotatable bonds is 17. The van der Waals surface area contributed by atoms with Gasteiger partial charge in [-0.05, 0) is 24.0 Å². The maximum absolute atomic E-state index is 12.0. The molecule has 1 amide bonds. The van der Waals surface area contributed by atoms with E-state index in [2.05, 4.69) is 31.3 Å². The van der Waals surface area contributed by atoms with Crippen LogP contribution in [0.15, 0.2) is 24.3 Å². The van der Waals surface area contributed by atoms with Crippen molar-refractivity contribution in [2.45, 2.75) is 110 Å². The van der Waals surface area contributed by atoms with Crippen molar-refractivity contribution in [3.8, 4) is 0 Å². The maximum Gasteiger partial charge on any atom is 0.220 e. The number of aryl methyl sites for hydroxylation is 1. The highest BCUT2D eigenvalue weighted by atomic mass is 16.3. The van der Waals surface area contributed by atoms with Gasteiger partial charge in [0, 0.05) is 13.0 Å². The Balaban J connectivity index is 2.00. The Bertz CT molecular complexity index is 498. The number of benzene rings is 1. The first-order chi connectivity index (χ1) is 13.7. The third kappa shape index (κ3) is 12.2. The van der Waals surface area contributed by atoms with Crippen LogP contribution in [0.1, 0.15) is 115 Å². The molecule has 1 rings (SSSR count). The molecule has 1 atom stereocenters. The van der Waals surface area contributed by atoms with Crippen LogP contribution >= 0.6 is 0 Å². The van der Waals surface area contributed by atoms with Crippen LogP contribution in [0.5, 0.6) is 0 Å². The summed E-state index contributed by atoms with van der Waals surface area (Å²) in [7, 11) is 0. The standard InChI is InChI=1S/C25H43NO2/c1-3-5-6-7-8-9-10-11-12-13-14-16-25(28)26-21-24(27)23-19-17-22(15-4-2)18-20-23/h17-20,24,27H,3-16,21H2,1-2H3,(H,26,28). The zero-order valence-corrected chi connectivity index (χ0v) is 18.3. The Kier molecular flexibility index (Phi) is 14.6. The van der Waals surface area contributed by atoms with Crippen molar-refractivity contribution in [3.63, 3.8) is 0 Å². The van der Waals surface area contributed by atoms with E-state index in [4.69, 9.17) is 0 Å². The van der Waals surface area contributed by atoms with Crippen molar-refractivity contribution in [2.75, 3.05) is 6.54 Å².